The first-order chi connectivity index (χ1) is 15.7. The number of piperidine rings is 1. The van der Waals surface area contributed by atoms with Crippen molar-refractivity contribution in [1.29, 1.82) is 0 Å². The summed E-state index contributed by atoms with van der Waals surface area (Å²) < 4.78 is 49.2. The Labute approximate surface area is 194 Å². The van der Waals surface area contributed by atoms with E-state index in [2.05, 4.69) is 50.2 Å². The van der Waals surface area contributed by atoms with Gasteiger partial charge in [-0.05, 0) is 45.4 Å². The van der Waals surface area contributed by atoms with Crippen LogP contribution in [0.4, 0.5) is 13.2 Å². The van der Waals surface area contributed by atoms with Gasteiger partial charge in [0.15, 0.2) is 6.35 Å². The minimum absolute atomic E-state index is 0.115. The highest BCUT2D eigenvalue weighted by Crippen LogP contribution is 2.22. The van der Waals surface area contributed by atoms with Gasteiger partial charge in [-0.2, -0.15) is 13.2 Å². The van der Waals surface area contributed by atoms with Crippen molar-refractivity contribution < 1.29 is 22.6 Å². The molecule has 0 spiro atoms. The lowest BCUT2D eigenvalue weighted by molar-refractivity contribution is -0.202. The molecule has 0 saturated carbocycles. The summed E-state index contributed by atoms with van der Waals surface area (Å²) in [5.74, 6) is 0.637. The number of halogens is 3. The lowest BCUT2D eigenvalue weighted by atomic mass is 9.96. The average molecular weight is 480 g/mol. The third kappa shape index (κ3) is 7.71. The van der Waals surface area contributed by atoms with Crippen molar-refractivity contribution in [1.82, 2.24) is 36.4 Å². The zero-order valence-corrected chi connectivity index (χ0v) is 19.7. The van der Waals surface area contributed by atoms with Crippen molar-refractivity contribution in [3.05, 3.63) is 0 Å². The second kappa shape index (κ2) is 11.4. The van der Waals surface area contributed by atoms with Crippen molar-refractivity contribution in [3.8, 4) is 0 Å². The second-order valence-corrected chi connectivity index (χ2v) is 9.80. The summed E-state index contributed by atoms with van der Waals surface area (Å²) in [6.45, 7) is 8.58. The van der Waals surface area contributed by atoms with Gasteiger partial charge in [0.1, 0.15) is 19.2 Å². The van der Waals surface area contributed by atoms with Crippen molar-refractivity contribution in [2.45, 2.75) is 83.0 Å². The van der Waals surface area contributed by atoms with Gasteiger partial charge in [-0.15, -0.1) is 0 Å². The predicted molar refractivity (Wildman–Crippen MR) is 118 cm³/mol. The molecule has 0 aromatic heterocycles. The van der Waals surface area contributed by atoms with Crippen LogP contribution >= 0.6 is 0 Å². The molecule has 4 saturated heterocycles. The van der Waals surface area contributed by atoms with Crippen LogP contribution < -0.4 is 26.6 Å². The summed E-state index contributed by atoms with van der Waals surface area (Å²) in [7, 11) is 0. The lowest BCUT2D eigenvalue weighted by Gasteiger charge is -2.46. The highest BCUT2D eigenvalue weighted by atomic mass is 19.4. The molecule has 12 heteroatoms. The van der Waals surface area contributed by atoms with E-state index in [4.69, 9.17) is 9.47 Å². The number of rotatable bonds is 8. The van der Waals surface area contributed by atoms with Crippen LogP contribution in [0.3, 0.4) is 0 Å². The van der Waals surface area contributed by atoms with E-state index in [0.29, 0.717) is 18.6 Å². The molecule has 0 radical (unpaired) electrons. The molecule has 0 bridgehead atoms. The van der Waals surface area contributed by atoms with E-state index >= 15 is 0 Å². The lowest BCUT2D eigenvalue weighted by Crippen LogP contribution is -2.76. The Balaban J connectivity index is 1.28. The molecule has 0 aromatic rings. The molecule has 0 aromatic carbocycles. The standard InChI is InChI=1S/C21H40F3N7O2/c1-14-3-4-17(33-14)11-26-18-27-19(29-20(28-18)32-13-21(22,23)24)30-8-5-16(6-9-30)12-31-10-7-25-15(31)2/h14-20,25-29H,3-13H2,1-2H3. The van der Waals surface area contributed by atoms with Crippen LogP contribution in [0.25, 0.3) is 0 Å². The Kier molecular flexibility index (Phi) is 8.85. The Morgan fingerprint density at radius 1 is 1.03 bits per heavy atom. The van der Waals surface area contributed by atoms with Crippen molar-refractivity contribution in [2.24, 2.45) is 5.92 Å². The number of nitrogens with one attached hydrogen (secondary N) is 5. The van der Waals surface area contributed by atoms with Crippen LogP contribution in [0.1, 0.15) is 39.5 Å². The van der Waals surface area contributed by atoms with Crippen LogP contribution in [-0.4, -0.2) is 99.2 Å². The fraction of sp³-hybridized carbons (Fsp3) is 1.00. The van der Waals surface area contributed by atoms with Gasteiger partial charge in [0, 0.05) is 39.3 Å². The minimum atomic E-state index is -4.37. The van der Waals surface area contributed by atoms with Gasteiger partial charge < -0.3 is 14.8 Å². The normalized spacial score (nSPS) is 37.7. The Hall–Kier alpha value is -0.570. The van der Waals surface area contributed by atoms with Gasteiger partial charge in [0.25, 0.3) is 0 Å². The van der Waals surface area contributed by atoms with E-state index in [1.807, 2.05) is 0 Å². The third-order valence-corrected chi connectivity index (χ3v) is 7.13. The molecule has 4 heterocycles. The molecule has 4 aliphatic heterocycles. The predicted octanol–water partition coefficient (Wildman–Crippen LogP) is 0.319. The molecule has 0 aliphatic carbocycles. The maximum atomic E-state index is 12.7. The molecule has 4 fully saturated rings. The van der Waals surface area contributed by atoms with Crippen LogP contribution in [-0.2, 0) is 9.47 Å². The molecule has 5 N–H and O–H groups in total. The first-order valence-corrected chi connectivity index (χ1v) is 12.3. The van der Waals surface area contributed by atoms with E-state index in [1.165, 1.54) is 0 Å². The van der Waals surface area contributed by atoms with Gasteiger partial charge in [-0.25, -0.2) is 0 Å². The van der Waals surface area contributed by atoms with E-state index in [1.54, 1.807) is 0 Å². The highest BCUT2D eigenvalue weighted by Gasteiger charge is 2.36. The van der Waals surface area contributed by atoms with Crippen molar-refractivity contribution in [2.75, 3.05) is 45.9 Å². The molecular formula is C21H40F3N7O2. The van der Waals surface area contributed by atoms with E-state index in [0.717, 1.165) is 58.4 Å². The molecule has 4 rings (SSSR count). The molecule has 0 amide bonds. The molecule has 192 valence electrons. The number of likely N-dealkylation sites (tertiary alicyclic amines) is 1. The van der Waals surface area contributed by atoms with Crippen LogP contribution in [0, 0.1) is 5.92 Å². The zero-order valence-electron chi connectivity index (χ0n) is 19.7. The molecule has 6 atom stereocenters. The molecule has 4 aliphatic rings. The molecule has 9 nitrogen and oxygen atoms in total. The van der Waals surface area contributed by atoms with Gasteiger partial charge in [0.05, 0.1) is 18.4 Å². The van der Waals surface area contributed by atoms with E-state index < -0.39 is 19.1 Å². The largest absolute Gasteiger partial charge is 0.411 e. The number of alkyl halides is 3. The number of hydrogen-bond donors (Lipinski definition) is 5. The summed E-state index contributed by atoms with van der Waals surface area (Å²) in [4.78, 5) is 4.75. The monoisotopic (exact) mass is 479 g/mol. The quantitative estimate of drug-likeness (QED) is 0.338. The van der Waals surface area contributed by atoms with Gasteiger partial charge in [-0.3, -0.25) is 31.1 Å². The summed E-state index contributed by atoms with van der Waals surface area (Å²) in [6.07, 6.45) is -1.01. The molecule has 6 unspecified atom stereocenters. The van der Waals surface area contributed by atoms with Gasteiger partial charge >= 0.3 is 6.18 Å². The van der Waals surface area contributed by atoms with Crippen LogP contribution in [0.15, 0.2) is 0 Å². The van der Waals surface area contributed by atoms with E-state index in [9.17, 15) is 13.2 Å². The topological polar surface area (TPSA) is 85.1 Å². The zero-order chi connectivity index (χ0) is 23.4. The minimum Gasteiger partial charge on any atom is -0.374 e. The summed E-state index contributed by atoms with van der Waals surface area (Å²) in [6, 6.07) is 0. The number of hydrogen-bond acceptors (Lipinski definition) is 9. The maximum Gasteiger partial charge on any atom is 0.411 e. The maximum absolute atomic E-state index is 12.7. The van der Waals surface area contributed by atoms with Gasteiger partial charge in [-0.1, -0.05) is 0 Å². The van der Waals surface area contributed by atoms with E-state index in [-0.39, 0.29) is 24.8 Å². The second-order valence-electron chi connectivity index (χ2n) is 9.80. The van der Waals surface area contributed by atoms with Gasteiger partial charge in [0.2, 0.25) is 0 Å². The summed E-state index contributed by atoms with van der Waals surface area (Å²) >= 11 is 0. The van der Waals surface area contributed by atoms with Crippen molar-refractivity contribution >= 4 is 0 Å². The molecular weight excluding hydrogens is 439 g/mol. The molecule has 33 heavy (non-hydrogen) atoms. The van der Waals surface area contributed by atoms with Crippen molar-refractivity contribution in [3.63, 3.8) is 0 Å². The summed E-state index contributed by atoms with van der Waals surface area (Å²) in [5.41, 5.74) is 0. The Morgan fingerprint density at radius 3 is 2.45 bits per heavy atom. The van der Waals surface area contributed by atoms with Crippen LogP contribution in [0.5, 0.6) is 0 Å². The number of nitrogens with zero attached hydrogens (tertiary/aromatic N) is 2. The number of ether oxygens (including phenoxy) is 2. The fourth-order valence-electron chi connectivity index (χ4n) is 5.20. The SMILES string of the molecule is CC1CCC(CNC2NC(OCC(F)(F)F)NC(N3CCC(CN4CCNC4C)CC3)N2)O1. The first-order valence-electron chi connectivity index (χ1n) is 12.3. The average Bonchev–Trinajstić information content (AvgIpc) is 3.38. The Morgan fingerprint density at radius 2 is 1.82 bits per heavy atom. The van der Waals surface area contributed by atoms with Crippen LogP contribution in [0.2, 0.25) is 0 Å². The fourth-order valence-corrected chi connectivity index (χ4v) is 5.20. The summed E-state index contributed by atoms with van der Waals surface area (Å²) in [5, 5.41) is 16.4. The smallest absolute Gasteiger partial charge is 0.374 e. The third-order valence-electron chi connectivity index (χ3n) is 7.13. The Bertz CT molecular complexity index is 609. The highest BCUT2D eigenvalue weighted by molar-refractivity contribution is 4.85. The first kappa shape index (κ1) is 25.5.